The van der Waals surface area contributed by atoms with Gasteiger partial charge in [0.15, 0.2) is 6.23 Å². The zero-order chi connectivity index (χ0) is 15.8. The van der Waals surface area contributed by atoms with Crippen LogP contribution in [-0.2, 0) is 4.74 Å². The Labute approximate surface area is 127 Å². The fraction of sp³-hybridized carbons (Fsp3) is 0.500. The molecule has 0 aliphatic heterocycles. The average Bonchev–Trinajstić information content (AvgIpc) is 2.46. The topological polar surface area (TPSA) is 45.1 Å². The van der Waals surface area contributed by atoms with E-state index in [1.807, 2.05) is 39.8 Å². The first-order chi connectivity index (χ1) is 9.97. The van der Waals surface area contributed by atoms with Crippen LogP contribution in [0.4, 0.5) is 5.69 Å². The van der Waals surface area contributed by atoms with E-state index in [1.54, 1.807) is 30.6 Å². The first-order valence-electron chi connectivity index (χ1n) is 7.23. The van der Waals surface area contributed by atoms with Gasteiger partial charge in [-0.15, -0.1) is 0 Å². The van der Waals surface area contributed by atoms with Crippen LogP contribution in [0.1, 0.15) is 31.1 Å². The van der Waals surface area contributed by atoms with Gasteiger partial charge in [0.2, 0.25) is 0 Å². The number of hydrogen-bond acceptors (Lipinski definition) is 4. The quantitative estimate of drug-likeness (QED) is 0.335. The molecule has 5 nitrogen and oxygen atoms in total. The predicted molar refractivity (Wildman–Crippen MR) is 86.1 cm³/mol. The van der Waals surface area contributed by atoms with Crippen LogP contribution in [0.2, 0.25) is 0 Å². The van der Waals surface area contributed by atoms with Crippen molar-refractivity contribution >= 4 is 18.0 Å². The van der Waals surface area contributed by atoms with Crippen molar-refractivity contribution in [2.24, 2.45) is 4.99 Å². The van der Waals surface area contributed by atoms with E-state index < -0.39 is 0 Å². The number of carbonyl (C=O) groups is 1. The highest BCUT2D eigenvalue weighted by atomic mass is 16.6. The van der Waals surface area contributed by atoms with E-state index in [0.29, 0.717) is 5.56 Å². The van der Waals surface area contributed by atoms with Gasteiger partial charge in [-0.3, -0.25) is 4.90 Å². The third-order valence-electron chi connectivity index (χ3n) is 3.14. The van der Waals surface area contributed by atoms with E-state index in [0.717, 1.165) is 18.8 Å². The monoisotopic (exact) mass is 291 g/mol. The normalized spacial score (nSPS) is 12.7. The largest absolute Gasteiger partial charge is 0.443 e. The third-order valence-corrected chi connectivity index (χ3v) is 3.14. The van der Waals surface area contributed by atoms with Crippen LogP contribution < -0.4 is 0 Å². The molecule has 1 aromatic rings. The number of aliphatic imine (C=N–C) groups is 1. The number of carbonyl (C=O) groups excluding carboxylic acids is 1. The van der Waals surface area contributed by atoms with Crippen molar-refractivity contribution in [3.05, 3.63) is 29.8 Å². The number of rotatable bonds is 7. The molecule has 0 heterocycles. The van der Waals surface area contributed by atoms with Crippen LogP contribution in [0.25, 0.3) is 0 Å². The molecule has 0 bridgehead atoms. The predicted octanol–water partition coefficient (Wildman–Crippen LogP) is 2.75. The molecular weight excluding hydrogens is 266 g/mol. The van der Waals surface area contributed by atoms with Crippen molar-refractivity contribution in [2.75, 3.05) is 27.2 Å². The summed E-state index contributed by atoms with van der Waals surface area (Å²) in [7, 11) is 3.81. The lowest BCUT2D eigenvalue weighted by atomic mass is 10.2. The molecule has 0 saturated carbocycles. The summed E-state index contributed by atoms with van der Waals surface area (Å²) < 4.78 is 5.46. The second-order valence-corrected chi connectivity index (χ2v) is 4.98. The summed E-state index contributed by atoms with van der Waals surface area (Å²) in [6.45, 7) is 7.68. The molecule has 5 heteroatoms. The Kier molecular flexibility index (Phi) is 6.88. The smallest absolute Gasteiger partial charge is 0.339 e. The standard InChI is InChI=1S/C16H25N3O2/c1-6-19(7-2)13(3)21-16(20)14-8-10-15(11-9-14)17-12-18(4)5/h8-13H,6-7H2,1-5H3. The molecule has 0 aliphatic rings. The first kappa shape index (κ1) is 17.2. The average molecular weight is 291 g/mol. The van der Waals surface area contributed by atoms with Gasteiger partial charge in [0, 0.05) is 14.1 Å². The minimum Gasteiger partial charge on any atom is -0.443 e. The highest BCUT2D eigenvalue weighted by Gasteiger charge is 2.16. The van der Waals surface area contributed by atoms with E-state index in [1.165, 1.54) is 0 Å². The molecule has 0 saturated heterocycles. The van der Waals surface area contributed by atoms with Gasteiger partial charge in [-0.25, -0.2) is 9.79 Å². The lowest BCUT2D eigenvalue weighted by Crippen LogP contribution is -2.36. The zero-order valence-corrected chi connectivity index (χ0v) is 13.5. The number of benzene rings is 1. The van der Waals surface area contributed by atoms with Gasteiger partial charge in [0.1, 0.15) is 0 Å². The highest BCUT2D eigenvalue weighted by Crippen LogP contribution is 2.14. The van der Waals surface area contributed by atoms with Gasteiger partial charge in [-0.2, -0.15) is 0 Å². The minimum atomic E-state index is -0.308. The maximum atomic E-state index is 12.1. The Morgan fingerprint density at radius 1 is 1.24 bits per heavy atom. The Bertz CT molecular complexity index is 465. The van der Waals surface area contributed by atoms with Gasteiger partial charge in [-0.1, -0.05) is 13.8 Å². The van der Waals surface area contributed by atoms with Gasteiger partial charge >= 0.3 is 5.97 Å². The van der Waals surface area contributed by atoms with Crippen LogP contribution in [-0.4, -0.2) is 55.5 Å². The van der Waals surface area contributed by atoms with Crippen molar-refractivity contribution < 1.29 is 9.53 Å². The van der Waals surface area contributed by atoms with Crippen molar-refractivity contribution in [2.45, 2.75) is 27.0 Å². The highest BCUT2D eigenvalue weighted by molar-refractivity contribution is 5.89. The van der Waals surface area contributed by atoms with Crippen LogP contribution >= 0.6 is 0 Å². The lowest BCUT2D eigenvalue weighted by molar-refractivity contribution is -0.0196. The number of ether oxygens (including phenoxy) is 1. The zero-order valence-electron chi connectivity index (χ0n) is 13.5. The second-order valence-electron chi connectivity index (χ2n) is 4.98. The third kappa shape index (κ3) is 5.55. The van der Waals surface area contributed by atoms with E-state index in [9.17, 15) is 4.79 Å². The van der Waals surface area contributed by atoms with Gasteiger partial charge < -0.3 is 9.64 Å². The molecule has 116 valence electrons. The van der Waals surface area contributed by atoms with Crippen LogP contribution in [0.3, 0.4) is 0 Å². The van der Waals surface area contributed by atoms with Crippen LogP contribution in [0.15, 0.2) is 29.3 Å². The molecule has 0 amide bonds. The fourth-order valence-corrected chi connectivity index (χ4v) is 1.90. The summed E-state index contributed by atoms with van der Waals surface area (Å²) >= 11 is 0. The molecule has 0 spiro atoms. The fourth-order valence-electron chi connectivity index (χ4n) is 1.90. The summed E-state index contributed by atoms with van der Waals surface area (Å²) in [5, 5.41) is 0. The van der Waals surface area contributed by atoms with E-state index in [2.05, 4.69) is 9.89 Å². The van der Waals surface area contributed by atoms with E-state index >= 15 is 0 Å². The summed E-state index contributed by atoms with van der Waals surface area (Å²) in [6, 6.07) is 7.08. The molecule has 0 aromatic heterocycles. The second kappa shape index (κ2) is 8.42. The molecule has 1 atom stereocenters. The van der Waals surface area contributed by atoms with Crippen molar-refractivity contribution in [1.82, 2.24) is 9.80 Å². The summed E-state index contributed by atoms with van der Waals surface area (Å²) in [4.78, 5) is 20.3. The lowest BCUT2D eigenvalue weighted by Gasteiger charge is -2.25. The Morgan fingerprint density at radius 3 is 2.29 bits per heavy atom. The van der Waals surface area contributed by atoms with Gasteiger partial charge in [0.25, 0.3) is 0 Å². The van der Waals surface area contributed by atoms with E-state index in [4.69, 9.17) is 4.74 Å². The van der Waals surface area contributed by atoms with Crippen LogP contribution in [0, 0.1) is 0 Å². The summed E-state index contributed by atoms with van der Waals surface area (Å²) in [5.41, 5.74) is 1.34. The molecule has 0 aliphatic carbocycles. The molecule has 0 fully saturated rings. The molecule has 1 unspecified atom stereocenters. The first-order valence-corrected chi connectivity index (χ1v) is 7.23. The molecular formula is C16H25N3O2. The minimum absolute atomic E-state index is 0.223. The SMILES string of the molecule is CCN(CC)C(C)OC(=O)c1ccc(N=CN(C)C)cc1. The molecule has 21 heavy (non-hydrogen) atoms. The Morgan fingerprint density at radius 2 is 1.81 bits per heavy atom. The van der Waals surface area contributed by atoms with Crippen molar-refractivity contribution in [3.63, 3.8) is 0 Å². The molecule has 0 N–H and O–H groups in total. The Hall–Kier alpha value is -1.88. The van der Waals surface area contributed by atoms with Crippen molar-refractivity contribution in [1.29, 1.82) is 0 Å². The molecule has 0 radical (unpaired) electrons. The summed E-state index contributed by atoms with van der Waals surface area (Å²) in [6.07, 6.45) is 1.49. The van der Waals surface area contributed by atoms with Crippen molar-refractivity contribution in [3.8, 4) is 0 Å². The van der Waals surface area contributed by atoms with E-state index in [-0.39, 0.29) is 12.2 Å². The van der Waals surface area contributed by atoms with Gasteiger partial charge in [-0.05, 0) is 44.3 Å². The number of nitrogens with zero attached hydrogens (tertiary/aromatic N) is 3. The maximum Gasteiger partial charge on any atom is 0.339 e. The summed E-state index contributed by atoms with van der Waals surface area (Å²) in [5.74, 6) is -0.308. The molecule has 1 rings (SSSR count). The molecule has 1 aromatic carbocycles. The number of esters is 1. The maximum absolute atomic E-state index is 12.1. The number of hydrogen-bond donors (Lipinski definition) is 0. The Balaban J connectivity index is 2.67. The van der Waals surface area contributed by atoms with Gasteiger partial charge in [0.05, 0.1) is 17.6 Å². The van der Waals surface area contributed by atoms with Crippen LogP contribution in [0.5, 0.6) is 0 Å².